The minimum atomic E-state index is -0.973. The highest BCUT2D eigenvalue weighted by Gasteiger charge is 2.15. The average molecular weight is 365 g/mol. The van der Waals surface area contributed by atoms with Crippen LogP contribution in [0.25, 0.3) is 0 Å². The molecule has 6 nitrogen and oxygen atoms in total. The second-order valence-corrected chi connectivity index (χ2v) is 5.34. The lowest BCUT2D eigenvalue weighted by Crippen LogP contribution is -2.21. The van der Waals surface area contributed by atoms with Gasteiger partial charge in [-0.15, -0.1) is 0 Å². The number of hydrogen-bond acceptors (Lipinski definition) is 4. The first-order valence-electron chi connectivity index (χ1n) is 7.15. The first-order valence-corrected chi connectivity index (χ1v) is 7.52. The number of benzene rings is 2. The van der Waals surface area contributed by atoms with E-state index >= 15 is 0 Å². The van der Waals surface area contributed by atoms with E-state index in [1.54, 1.807) is 0 Å². The number of amides is 2. The van der Waals surface area contributed by atoms with Crippen LogP contribution in [0.3, 0.4) is 0 Å². The maximum Gasteiger partial charge on any atom is 0.341 e. The lowest BCUT2D eigenvalue weighted by Gasteiger charge is -2.08. The standard InChI is InChI=1S/C17H14ClFN2O4/c1-20-16(23)10-2-5-12(6-3-10)21-15(22)9-25-17(24)13-7-4-11(18)8-14(13)19/h2-8H,9H2,1H3,(H,20,23)(H,21,22). The van der Waals surface area contributed by atoms with E-state index < -0.39 is 24.3 Å². The van der Waals surface area contributed by atoms with Crippen molar-refractivity contribution in [1.29, 1.82) is 0 Å². The Kier molecular flexibility index (Phi) is 6.08. The minimum absolute atomic E-state index is 0.145. The predicted octanol–water partition coefficient (Wildman–Crippen LogP) is 2.63. The van der Waals surface area contributed by atoms with Gasteiger partial charge < -0.3 is 15.4 Å². The van der Waals surface area contributed by atoms with Crippen LogP contribution in [0.2, 0.25) is 5.02 Å². The molecule has 0 heterocycles. The normalized spacial score (nSPS) is 10.0. The summed E-state index contributed by atoms with van der Waals surface area (Å²) < 4.78 is 18.3. The third-order valence-electron chi connectivity index (χ3n) is 3.14. The van der Waals surface area contributed by atoms with E-state index in [4.69, 9.17) is 16.3 Å². The zero-order valence-corrected chi connectivity index (χ0v) is 13.9. The molecule has 0 aliphatic heterocycles. The van der Waals surface area contributed by atoms with Gasteiger partial charge in [0.1, 0.15) is 5.82 Å². The number of halogens is 2. The summed E-state index contributed by atoms with van der Waals surface area (Å²) in [6, 6.07) is 9.62. The molecular formula is C17H14ClFN2O4. The highest BCUT2D eigenvalue weighted by molar-refractivity contribution is 6.30. The summed E-state index contributed by atoms with van der Waals surface area (Å²) in [6.07, 6.45) is 0. The van der Waals surface area contributed by atoms with E-state index in [0.29, 0.717) is 11.3 Å². The van der Waals surface area contributed by atoms with E-state index in [2.05, 4.69) is 10.6 Å². The molecule has 0 aliphatic carbocycles. The van der Waals surface area contributed by atoms with Gasteiger partial charge in [-0.1, -0.05) is 11.6 Å². The molecule has 2 N–H and O–H groups in total. The molecule has 2 amide bonds. The van der Waals surface area contributed by atoms with Gasteiger partial charge >= 0.3 is 5.97 Å². The van der Waals surface area contributed by atoms with Gasteiger partial charge in [0.2, 0.25) is 0 Å². The lowest BCUT2D eigenvalue weighted by atomic mass is 10.2. The molecular weight excluding hydrogens is 351 g/mol. The summed E-state index contributed by atoms with van der Waals surface area (Å²) in [7, 11) is 1.51. The number of anilines is 1. The number of carbonyl (C=O) groups excluding carboxylic acids is 3. The molecule has 0 bridgehead atoms. The van der Waals surface area contributed by atoms with Crippen molar-refractivity contribution in [2.75, 3.05) is 19.0 Å². The lowest BCUT2D eigenvalue weighted by molar-refractivity contribution is -0.119. The van der Waals surface area contributed by atoms with Gasteiger partial charge in [0.05, 0.1) is 5.56 Å². The van der Waals surface area contributed by atoms with Crippen LogP contribution in [0.15, 0.2) is 42.5 Å². The number of hydrogen-bond donors (Lipinski definition) is 2. The van der Waals surface area contributed by atoms with Crippen LogP contribution >= 0.6 is 11.6 Å². The Balaban J connectivity index is 1.90. The van der Waals surface area contributed by atoms with Crippen molar-refractivity contribution in [3.05, 3.63) is 64.4 Å². The van der Waals surface area contributed by atoms with E-state index in [-0.39, 0.29) is 16.5 Å². The molecule has 2 rings (SSSR count). The molecule has 0 aromatic heterocycles. The molecule has 0 radical (unpaired) electrons. The van der Waals surface area contributed by atoms with Crippen LogP contribution in [0.4, 0.5) is 10.1 Å². The minimum Gasteiger partial charge on any atom is -0.452 e. The fourth-order valence-electron chi connectivity index (χ4n) is 1.91. The number of esters is 1. The zero-order chi connectivity index (χ0) is 18.4. The van der Waals surface area contributed by atoms with Gasteiger partial charge in [-0.25, -0.2) is 9.18 Å². The molecule has 2 aromatic rings. The summed E-state index contributed by atoms with van der Waals surface area (Å²) in [5, 5.41) is 5.11. The molecule has 25 heavy (non-hydrogen) atoms. The second kappa shape index (κ2) is 8.25. The Bertz CT molecular complexity index is 809. The summed E-state index contributed by atoms with van der Waals surface area (Å²) >= 11 is 5.60. The zero-order valence-electron chi connectivity index (χ0n) is 13.1. The number of rotatable bonds is 5. The van der Waals surface area contributed by atoms with Crippen LogP contribution in [-0.4, -0.2) is 31.4 Å². The highest BCUT2D eigenvalue weighted by atomic mass is 35.5. The molecule has 8 heteroatoms. The number of nitrogens with one attached hydrogen (secondary N) is 2. The van der Waals surface area contributed by atoms with Crippen LogP contribution in [-0.2, 0) is 9.53 Å². The fraction of sp³-hybridized carbons (Fsp3) is 0.118. The first-order chi connectivity index (χ1) is 11.9. The quantitative estimate of drug-likeness (QED) is 0.799. The Morgan fingerprint density at radius 3 is 2.40 bits per heavy atom. The third-order valence-corrected chi connectivity index (χ3v) is 3.38. The number of ether oxygens (including phenoxy) is 1. The molecule has 0 atom stereocenters. The average Bonchev–Trinajstić information content (AvgIpc) is 2.59. The van der Waals surface area contributed by atoms with Gasteiger partial charge in [0, 0.05) is 23.3 Å². The van der Waals surface area contributed by atoms with Crippen LogP contribution in [0, 0.1) is 5.82 Å². The van der Waals surface area contributed by atoms with Crippen LogP contribution < -0.4 is 10.6 Å². The van der Waals surface area contributed by atoms with Crippen LogP contribution in [0.5, 0.6) is 0 Å². The smallest absolute Gasteiger partial charge is 0.341 e. The summed E-state index contributed by atoms with van der Waals surface area (Å²) in [6.45, 7) is -0.585. The van der Waals surface area contributed by atoms with E-state index in [1.165, 1.54) is 43.4 Å². The van der Waals surface area contributed by atoms with E-state index in [1.807, 2.05) is 0 Å². The Hall–Kier alpha value is -2.93. The summed E-state index contributed by atoms with van der Waals surface area (Å²) in [5.74, 6) is -2.66. The van der Waals surface area contributed by atoms with Crippen molar-refractivity contribution in [3.8, 4) is 0 Å². The molecule has 0 unspecified atom stereocenters. The monoisotopic (exact) mass is 364 g/mol. The van der Waals surface area contributed by atoms with Crippen molar-refractivity contribution >= 4 is 35.1 Å². The van der Waals surface area contributed by atoms with Crippen molar-refractivity contribution < 1.29 is 23.5 Å². The highest BCUT2D eigenvalue weighted by Crippen LogP contribution is 2.15. The molecule has 0 fully saturated rings. The van der Waals surface area contributed by atoms with Crippen molar-refractivity contribution in [2.45, 2.75) is 0 Å². The van der Waals surface area contributed by atoms with Crippen molar-refractivity contribution in [2.24, 2.45) is 0 Å². The largest absolute Gasteiger partial charge is 0.452 e. The molecule has 2 aromatic carbocycles. The number of carbonyl (C=O) groups is 3. The first kappa shape index (κ1) is 18.4. The van der Waals surface area contributed by atoms with Crippen LogP contribution in [0.1, 0.15) is 20.7 Å². The Morgan fingerprint density at radius 2 is 1.80 bits per heavy atom. The Labute approximate surface area is 147 Å². The maximum atomic E-state index is 13.6. The maximum absolute atomic E-state index is 13.6. The SMILES string of the molecule is CNC(=O)c1ccc(NC(=O)COC(=O)c2ccc(Cl)cc2F)cc1. The molecule has 0 spiro atoms. The molecule has 0 saturated carbocycles. The van der Waals surface area contributed by atoms with E-state index in [9.17, 15) is 18.8 Å². The summed E-state index contributed by atoms with van der Waals surface area (Å²) in [4.78, 5) is 34.9. The van der Waals surface area contributed by atoms with Gasteiger partial charge in [-0.2, -0.15) is 0 Å². The molecule has 0 aliphatic rings. The molecule has 0 saturated heterocycles. The third kappa shape index (κ3) is 5.02. The van der Waals surface area contributed by atoms with Gasteiger partial charge in [-0.3, -0.25) is 9.59 Å². The Morgan fingerprint density at radius 1 is 1.12 bits per heavy atom. The van der Waals surface area contributed by atoms with Crippen molar-refractivity contribution in [3.63, 3.8) is 0 Å². The molecule has 130 valence electrons. The van der Waals surface area contributed by atoms with Gasteiger partial charge in [-0.05, 0) is 42.5 Å². The predicted molar refractivity (Wildman–Crippen MR) is 90.2 cm³/mol. The van der Waals surface area contributed by atoms with Crippen molar-refractivity contribution in [1.82, 2.24) is 5.32 Å². The second-order valence-electron chi connectivity index (χ2n) is 4.90. The van der Waals surface area contributed by atoms with Gasteiger partial charge in [0.25, 0.3) is 11.8 Å². The van der Waals surface area contributed by atoms with Gasteiger partial charge in [0.15, 0.2) is 6.61 Å². The van der Waals surface area contributed by atoms with E-state index in [0.717, 1.165) is 6.07 Å². The summed E-state index contributed by atoms with van der Waals surface area (Å²) in [5.41, 5.74) is 0.545. The topological polar surface area (TPSA) is 84.5 Å². The fourth-order valence-corrected chi connectivity index (χ4v) is 2.07.